The summed E-state index contributed by atoms with van der Waals surface area (Å²) in [6.45, 7) is 10.9. The van der Waals surface area contributed by atoms with E-state index in [9.17, 15) is 4.79 Å². The minimum Gasteiger partial charge on any atom is -0.368 e. The molecular formula is C28H34Cl2N6O. The molecule has 4 heterocycles. The van der Waals surface area contributed by atoms with Crippen LogP contribution in [-0.2, 0) is 13.6 Å². The molecule has 0 saturated carbocycles. The summed E-state index contributed by atoms with van der Waals surface area (Å²) in [5, 5.41) is 1.43. The zero-order valence-electron chi connectivity index (χ0n) is 21.7. The van der Waals surface area contributed by atoms with E-state index in [4.69, 9.17) is 23.2 Å². The number of carbonyl (C=O) groups is 1. The number of hydrogen-bond acceptors (Lipinski definition) is 5. The fraction of sp³-hybridized carbons (Fsp3) is 0.429. The van der Waals surface area contributed by atoms with E-state index < -0.39 is 0 Å². The van der Waals surface area contributed by atoms with Crippen LogP contribution in [0.2, 0.25) is 10.0 Å². The van der Waals surface area contributed by atoms with Gasteiger partial charge in [-0.25, -0.2) is 4.98 Å². The molecule has 0 aliphatic carbocycles. The van der Waals surface area contributed by atoms with Gasteiger partial charge in [0.05, 0.1) is 5.02 Å². The third-order valence-electron chi connectivity index (χ3n) is 7.73. The summed E-state index contributed by atoms with van der Waals surface area (Å²) in [5.41, 5.74) is 4.22. The van der Waals surface area contributed by atoms with Crippen molar-refractivity contribution in [2.45, 2.75) is 26.4 Å². The zero-order valence-corrected chi connectivity index (χ0v) is 23.2. The Labute approximate surface area is 229 Å². The summed E-state index contributed by atoms with van der Waals surface area (Å²) >= 11 is 12.5. The topological polar surface area (TPSA) is 47.9 Å². The van der Waals surface area contributed by atoms with Gasteiger partial charge in [-0.1, -0.05) is 29.3 Å². The first-order valence-corrected chi connectivity index (χ1v) is 13.6. The Morgan fingerprint density at radius 2 is 1.76 bits per heavy atom. The minimum absolute atomic E-state index is 0.102. The van der Waals surface area contributed by atoms with Crippen molar-refractivity contribution in [2.75, 3.05) is 55.6 Å². The first-order valence-electron chi connectivity index (χ1n) is 12.9. The van der Waals surface area contributed by atoms with Crippen LogP contribution in [0.3, 0.4) is 0 Å². The van der Waals surface area contributed by atoms with Crippen LogP contribution in [0.15, 0.2) is 48.7 Å². The lowest BCUT2D eigenvalue weighted by Gasteiger charge is -2.41. The molecule has 3 aromatic rings. The fourth-order valence-electron chi connectivity index (χ4n) is 5.41. The number of piperazine rings is 2. The first kappa shape index (κ1) is 25.9. The molecule has 0 spiro atoms. The smallest absolute Gasteiger partial charge is 0.270 e. The van der Waals surface area contributed by atoms with Crippen molar-refractivity contribution in [3.8, 4) is 0 Å². The van der Waals surface area contributed by atoms with Gasteiger partial charge in [0.2, 0.25) is 0 Å². The van der Waals surface area contributed by atoms with Crippen molar-refractivity contribution in [1.82, 2.24) is 19.4 Å². The third-order valence-corrected chi connectivity index (χ3v) is 8.26. The molecule has 2 saturated heterocycles. The normalized spacial score (nSPS) is 18.9. The van der Waals surface area contributed by atoms with Gasteiger partial charge in [0.15, 0.2) is 0 Å². The maximum absolute atomic E-state index is 13.6. The lowest BCUT2D eigenvalue weighted by molar-refractivity contribution is 0.0664. The van der Waals surface area contributed by atoms with Crippen LogP contribution in [0, 0.1) is 6.92 Å². The molecule has 2 aliphatic heterocycles. The lowest BCUT2D eigenvalue weighted by Crippen LogP contribution is -2.54. The highest BCUT2D eigenvalue weighted by atomic mass is 35.5. The predicted molar refractivity (Wildman–Crippen MR) is 151 cm³/mol. The van der Waals surface area contributed by atoms with Gasteiger partial charge >= 0.3 is 0 Å². The summed E-state index contributed by atoms with van der Waals surface area (Å²) in [7, 11) is 2.00. The number of aromatic nitrogens is 2. The van der Waals surface area contributed by atoms with E-state index in [0.29, 0.717) is 11.6 Å². The van der Waals surface area contributed by atoms with Crippen molar-refractivity contribution < 1.29 is 4.79 Å². The molecule has 0 radical (unpaired) electrons. The van der Waals surface area contributed by atoms with Crippen LogP contribution in [0.25, 0.3) is 0 Å². The van der Waals surface area contributed by atoms with Crippen LogP contribution in [-0.4, -0.2) is 77.1 Å². The Hall–Kier alpha value is -2.74. The number of amides is 1. The predicted octanol–water partition coefficient (Wildman–Crippen LogP) is 4.71. The maximum Gasteiger partial charge on any atom is 0.270 e. The average Bonchev–Trinajstić information content (AvgIpc) is 3.17. The van der Waals surface area contributed by atoms with E-state index in [-0.39, 0.29) is 11.9 Å². The molecular weight excluding hydrogens is 507 g/mol. The molecule has 1 atom stereocenters. The molecule has 0 bridgehead atoms. The van der Waals surface area contributed by atoms with E-state index in [0.717, 1.165) is 73.7 Å². The second-order valence-corrected chi connectivity index (χ2v) is 10.9. The maximum atomic E-state index is 13.6. The molecule has 2 aliphatic rings. The lowest BCUT2D eigenvalue weighted by atomic mass is 10.1. The Kier molecular flexibility index (Phi) is 7.65. The van der Waals surface area contributed by atoms with Gasteiger partial charge in [0.1, 0.15) is 11.5 Å². The number of pyridine rings is 1. The van der Waals surface area contributed by atoms with Gasteiger partial charge in [-0.2, -0.15) is 0 Å². The quantitative estimate of drug-likeness (QED) is 0.469. The molecule has 2 fully saturated rings. The number of halogens is 2. The van der Waals surface area contributed by atoms with Crippen LogP contribution in [0.5, 0.6) is 0 Å². The Morgan fingerprint density at radius 1 is 1.00 bits per heavy atom. The Balaban J connectivity index is 1.22. The number of benzene rings is 1. The first-order chi connectivity index (χ1) is 17.8. The van der Waals surface area contributed by atoms with Crippen LogP contribution in [0.1, 0.15) is 28.7 Å². The summed E-state index contributed by atoms with van der Waals surface area (Å²) in [6, 6.07) is 13.9. The van der Waals surface area contributed by atoms with Gasteiger partial charge in [0.25, 0.3) is 5.91 Å². The van der Waals surface area contributed by atoms with E-state index in [1.54, 1.807) is 6.20 Å². The summed E-state index contributed by atoms with van der Waals surface area (Å²) in [6.07, 6.45) is 1.79. The highest BCUT2D eigenvalue weighted by Crippen LogP contribution is 2.26. The Bertz CT molecular complexity index is 1270. The molecule has 1 aromatic carbocycles. The van der Waals surface area contributed by atoms with Gasteiger partial charge in [-0.05, 0) is 55.8 Å². The number of nitrogens with zero attached hydrogens (tertiary/aromatic N) is 6. The minimum atomic E-state index is 0.102. The number of rotatable bonds is 5. The van der Waals surface area contributed by atoms with Gasteiger partial charge in [-0.3, -0.25) is 9.69 Å². The largest absolute Gasteiger partial charge is 0.368 e. The van der Waals surface area contributed by atoms with Crippen LogP contribution in [0.4, 0.5) is 11.5 Å². The monoisotopic (exact) mass is 540 g/mol. The molecule has 5 rings (SSSR count). The molecule has 7 nitrogen and oxygen atoms in total. The van der Waals surface area contributed by atoms with Crippen molar-refractivity contribution in [2.24, 2.45) is 7.05 Å². The van der Waals surface area contributed by atoms with Crippen molar-refractivity contribution in [3.05, 3.63) is 75.7 Å². The molecule has 9 heteroatoms. The Morgan fingerprint density at radius 3 is 2.46 bits per heavy atom. The zero-order chi connectivity index (χ0) is 26.1. The standard InChI is InChI=1S/C28H34Cl2N6O/c1-20-18-35(24-7-4-6-23(29)17-24)14-15-36(20)28(37)26-16-22(21(2)32(26)3)19-33-10-12-34(13-11-33)27-25(30)8-5-9-31-27/h4-9,16-17,20H,10-15,18-19H2,1-3H3. The van der Waals surface area contributed by atoms with Crippen molar-refractivity contribution >= 4 is 40.6 Å². The average molecular weight is 542 g/mol. The highest BCUT2D eigenvalue weighted by molar-refractivity contribution is 6.33. The van der Waals surface area contributed by atoms with Crippen molar-refractivity contribution in [1.29, 1.82) is 0 Å². The molecule has 2 aromatic heterocycles. The van der Waals surface area contributed by atoms with Crippen LogP contribution >= 0.6 is 23.2 Å². The highest BCUT2D eigenvalue weighted by Gasteiger charge is 2.31. The second kappa shape index (κ2) is 10.9. The second-order valence-electron chi connectivity index (χ2n) is 10.0. The number of anilines is 2. The van der Waals surface area contributed by atoms with E-state index in [2.05, 4.69) is 50.2 Å². The van der Waals surface area contributed by atoms with Gasteiger partial charge < -0.3 is 19.3 Å². The third kappa shape index (κ3) is 5.44. The molecule has 1 unspecified atom stereocenters. The number of carbonyl (C=O) groups excluding carboxylic acids is 1. The molecule has 0 N–H and O–H groups in total. The molecule has 1 amide bonds. The molecule has 37 heavy (non-hydrogen) atoms. The van der Waals surface area contributed by atoms with E-state index in [1.807, 2.05) is 42.3 Å². The van der Waals surface area contributed by atoms with Crippen LogP contribution < -0.4 is 9.80 Å². The summed E-state index contributed by atoms with van der Waals surface area (Å²) in [4.78, 5) is 27.1. The van der Waals surface area contributed by atoms with E-state index in [1.165, 1.54) is 5.56 Å². The fourth-order valence-corrected chi connectivity index (χ4v) is 5.84. The summed E-state index contributed by atoms with van der Waals surface area (Å²) < 4.78 is 2.05. The molecule has 196 valence electrons. The number of hydrogen-bond donors (Lipinski definition) is 0. The summed E-state index contributed by atoms with van der Waals surface area (Å²) in [5.74, 6) is 0.960. The van der Waals surface area contributed by atoms with E-state index >= 15 is 0 Å². The van der Waals surface area contributed by atoms with Gasteiger partial charge in [-0.15, -0.1) is 0 Å². The SMILES string of the molecule is Cc1c(CN2CCN(c3ncccc3Cl)CC2)cc(C(=O)N2CCN(c3cccc(Cl)c3)CC2C)n1C. The van der Waals surface area contributed by atoms with Gasteiger partial charge in [0, 0.05) is 88.0 Å². The van der Waals surface area contributed by atoms with Crippen molar-refractivity contribution in [3.63, 3.8) is 0 Å².